The topological polar surface area (TPSA) is 69.6 Å². The van der Waals surface area contributed by atoms with E-state index in [0.29, 0.717) is 24.1 Å². The van der Waals surface area contributed by atoms with E-state index < -0.39 is 61.9 Å². The molecule has 2 aromatic heterocycles. The van der Waals surface area contributed by atoms with Gasteiger partial charge < -0.3 is 13.9 Å². The number of alkyl halides is 4. The van der Waals surface area contributed by atoms with E-state index in [0.717, 1.165) is 12.6 Å². The number of pyridine rings is 1. The first-order valence-electron chi connectivity index (χ1n) is 17.1. The molecular weight excluding hydrogens is 714 g/mol. The van der Waals surface area contributed by atoms with Crippen LogP contribution in [0.3, 0.4) is 0 Å². The van der Waals surface area contributed by atoms with Crippen molar-refractivity contribution in [2.75, 3.05) is 26.3 Å². The summed E-state index contributed by atoms with van der Waals surface area (Å²) in [6.45, 7) is 11.9. The minimum absolute atomic E-state index is 0.0523. The van der Waals surface area contributed by atoms with E-state index in [1.807, 2.05) is 4.90 Å². The fourth-order valence-corrected chi connectivity index (χ4v) is 13.9. The first-order chi connectivity index (χ1) is 24.0. The van der Waals surface area contributed by atoms with Crippen molar-refractivity contribution in [3.05, 3.63) is 47.1 Å². The second kappa shape index (κ2) is 13.9. The zero-order valence-electron chi connectivity index (χ0n) is 29.3. The van der Waals surface area contributed by atoms with Crippen molar-refractivity contribution in [3.63, 3.8) is 0 Å². The summed E-state index contributed by atoms with van der Waals surface area (Å²) in [5.74, 6) is -1.94. The molecule has 51 heavy (non-hydrogen) atoms. The summed E-state index contributed by atoms with van der Waals surface area (Å²) < 4.78 is 104. The summed E-state index contributed by atoms with van der Waals surface area (Å²) in [5.41, 5.74) is -0.655. The summed E-state index contributed by atoms with van der Waals surface area (Å²) in [5, 5.41) is 0.137. The van der Waals surface area contributed by atoms with Gasteiger partial charge in [-0.1, -0.05) is 59.2 Å². The molecule has 2 fully saturated rings. The Labute approximate surface area is 298 Å². The van der Waals surface area contributed by atoms with E-state index in [9.17, 15) is 22.0 Å². The summed E-state index contributed by atoms with van der Waals surface area (Å²) >= 11 is 6.52. The number of fused-ring (bicyclic) bond motifs is 3. The Morgan fingerprint density at radius 2 is 1.73 bits per heavy atom. The molecule has 6 rings (SSSR count). The lowest BCUT2D eigenvalue weighted by atomic mass is 9.95. The first kappa shape index (κ1) is 37.4. The van der Waals surface area contributed by atoms with E-state index >= 15 is 4.39 Å². The SMILES string of the molecule is CC(C)[Si](Oc1cc(-c2ncc3c(OCC(F)(F)F)nc(OC[C@@]45CCCN4C[C@H](F)C5)nc3c2F)c2c(Cl)c(F)ccc2c1)(C(C)C)C(C)C. The molecule has 4 aromatic rings. The normalized spacial score (nSPS) is 20.0. The quantitative estimate of drug-likeness (QED) is 0.112. The van der Waals surface area contributed by atoms with Crippen molar-refractivity contribution in [1.82, 2.24) is 19.9 Å². The Morgan fingerprint density at radius 1 is 1.02 bits per heavy atom. The maximum atomic E-state index is 16.9. The minimum atomic E-state index is -4.73. The van der Waals surface area contributed by atoms with Gasteiger partial charge in [0.05, 0.1) is 15.9 Å². The average molecular weight is 755 g/mol. The lowest BCUT2D eigenvalue weighted by Gasteiger charge is -2.42. The predicted molar refractivity (Wildman–Crippen MR) is 187 cm³/mol. The summed E-state index contributed by atoms with van der Waals surface area (Å²) in [7, 11) is -2.53. The van der Waals surface area contributed by atoms with E-state index in [1.165, 1.54) is 12.1 Å². The van der Waals surface area contributed by atoms with Crippen molar-refractivity contribution in [2.24, 2.45) is 0 Å². The number of rotatable bonds is 11. The number of benzene rings is 2. The molecule has 15 heteroatoms. The fraction of sp³-hybridized carbons (Fsp3) is 0.528. The Morgan fingerprint density at radius 3 is 2.39 bits per heavy atom. The van der Waals surface area contributed by atoms with E-state index in [4.69, 9.17) is 25.5 Å². The second-order valence-electron chi connectivity index (χ2n) is 14.6. The Hall–Kier alpha value is -3.36. The third-order valence-electron chi connectivity index (χ3n) is 10.5. The highest BCUT2D eigenvalue weighted by Crippen LogP contribution is 2.46. The Balaban J connectivity index is 1.51. The molecule has 2 aliphatic rings. The average Bonchev–Trinajstić information content (AvgIpc) is 3.58. The van der Waals surface area contributed by atoms with Gasteiger partial charge in [0.1, 0.15) is 35.6 Å². The highest BCUT2D eigenvalue weighted by molar-refractivity contribution is 6.78. The van der Waals surface area contributed by atoms with Crippen molar-refractivity contribution >= 4 is 41.6 Å². The summed E-state index contributed by atoms with van der Waals surface area (Å²) in [4.78, 5) is 14.6. The predicted octanol–water partition coefficient (Wildman–Crippen LogP) is 10.2. The van der Waals surface area contributed by atoms with Crippen LogP contribution in [0.1, 0.15) is 60.8 Å². The molecule has 0 N–H and O–H groups in total. The maximum Gasteiger partial charge on any atom is 0.422 e. The molecule has 0 amide bonds. The van der Waals surface area contributed by atoms with Gasteiger partial charge >= 0.3 is 12.2 Å². The van der Waals surface area contributed by atoms with Crippen molar-refractivity contribution in [3.8, 4) is 28.9 Å². The molecule has 4 heterocycles. The third kappa shape index (κ3) is 6.95. The van der Waals surface area contributed by atoms with Gasteiger partial charge in [-0.3, -0.25) is 9.88 Å². The van der Waals surface area contributed by atoms with Gasteiger partial charge in [0.2, 0.25) is 5.88 Å². The third-order valence-corrected chi connectivity index (χ3v) is 16.8. The van der Waals surface area contributed by atoms with Gasteiger partial charge in [-0.25, -0.2) is 13.2 Å². The molecule has 0 bridgehead atoms. The number of hydrogen-bond donors (Lipinski definition) is 0. The molecule has 2 saturated heterocycles. The van der Waals surface area contributed by atoms with Crippen LogP contribution in [0.25, 0.3) is 32.9 Å². The smallest absolute Gasteiger partial charge is 0.422 e. The number of hydrogen-bond acceptors (Lipinski definition) is 7. The zero-order chi connectivity index (χ0) is 37.0. The van der Waals surface area contributed by atoms with Crippen LogP contribution in [-0.2, 0) is 0 Å². The number of ether oxygens (including phenoxy) is 2. The minimum Gasteiger partial charge on any atom is -0.543 e. The first-order valence-corrected chi connectivity index (χ1v) is 19.7. The van der Waals surface area contributed by atoms with Crippen LogP contribution in [0, 0.1) is 11.6 Å². The largest absolute Gasteiger partial charge is 0.543 e. The maximum absolute atomic E-state index is 16.9. The number of aromatic nitrogens is 3. The highest BCUT2D eigenvalue weighted by atomic mass is 35.5. The summed E-state index contributed by atoms with van der Waals surface area (Å²) in [6, 6.07) is 5.60. The van der Waals surface area contributed by atoms with Gasteiger partial charge in [0, 0.05) is 30.1 Å². The lowest BCUT2D eigenvalue weighted by Crippen LogP contribution is -2.50. The van der Waals surface area contributed by atoms with Gasteiger partial charge in [0.25, 0.3) is 8.32 Å². The fourth-order valence-electron chi connectivity index (χ4n) is 8.34. The van der Waals surface area contributed by atoms with Crippen LogP contribution in [0.2, 0.25) is 21.6 Å². The zero-order valence-corrected chi connectivity index (χ0v) is 31.1. The Kier molecular flexibility index (Phi) is 10.2. The molecule has 2 aromatic carbocycles. The molecule has 2 aliphatic heterocycles. The van der Waals surface area contributed by atoms with E-state index in [1.54, 1.807) is 12.1 Å². The molecule has 2 atom stereocenters. The number of halogens is 7. The van der Waals surface area contributed by atoms with Gasteiger partial charge in [-0.15, -0.1) is 0 Å². The monoisotopic (exact) mass is 754 g/mol. The van der Waals surface area contributed by atoms with Crippen LogP contribution in [-0.4, -0.2) is 72.4 Å². The molecule has 276 valence electrons. The van der Waals surface area contributed by atoms with Crippen LogP contribution in [0.15, 0.2) is 30.5 Å². The molecular formula is C36H41ClF6N4O3Si. The van der Waals surface area contributed by atoms with Crippen molar-refractivity contribution < 1.29 is 40.2 Å². The van der Waals surface area contributed by atoms with E-state index in [2.05, 4.69) is 56.5 Å². The lowest BCUT2D eigenvalue weighted by molar-refractivity contribution is -0.153. The molecule has 7 nitrogen and oxygen atoms in total. The molecule has 0 saturated carbocycles. The van der Waals surface area contributed by atoms with Crippen LogP contribution in [0.5, 0.6) is 17.6 Å². The van der Waals surface area contributed by atoms with Crippen LogP contribution >= 0.6 is 11.6 Å². The second-order valence-corrected chi connectivity index (χ2v) is 20.4. The molecule has 0 spiro atoms. The Bertz CT molecular complexity index is 1930. The summed E-state index contributed by atoms with van der Waals surface area (Å²) in [6.07, 6.45) is -2.98. The van der Waals surface area contributed by atoms with Crippen molar-refractivity contribution in [2.45, 2.75) is 95.3 Å². The number of nitrogens with zero attached hydrogens (tertiary/aromatic N) is 4. The molecule has 0 aliphatic carbocycles. The van der Waals surface area contributed by atoms with E-state index in [-0.39, 0.29) is 63.2 Å². The van der Waals surface area contributed by atoms with Crippen LogP contribution < -0.4 is 13.9 Å². The standard InChI is InChI=1S/C36H41ClF6N4O3Si/c1-19(2)51(20(3)4,21(5)6)50-24-12-22-8-9-27(39)29(37)28(22)25(13-24)31-30(40)32-26(15-44-31)33(48-18-36(41,42)43)46-34(45-32)49-17-35-10-7-11-47(35)16-23(38)14-35/h8-9,12-13,15,19-21,23H,7,10-11,14,16-18H2,1-6H3/t23-,35+/m1/s1. The highest BCUT2D eigenvalue weighted by Gasteiger charge is 2.50. The van der Waals surface area contributed by atoms with Crippen molar-refractivity contribution in [1.29, 1.82) is 0 Å². The van der Waals surface area contributed by atoms with Gasteiger partial charge in [-0.2, -0.15) is 23.1 Å². The van der Waals surface area contributed by atoms with Gasteiger partial charge in [-0.05, 0) is 59.6 Å². The van der Waals surface area contributed by atoms with Crippen LogP contribution in [0.4, 0.5) is 26.3 Å². The van der Waals surface area contributed by atoms with Gasteiger partial charge in [0.15, 0.2) is 12.4 Å². The molecule has 0 radical (unpaired) electrons. The molecule has 0 unspecified atom stereocenters.